The summed E-state index contributed by atoms with van der Waals surface area (Å²) in [6.45, 7) is 3.82. The number of carbonyl (C=O) groups is 3. The number of ether oxygens (including phenoxy) is 2. The van der Waals surface area contributed by atoms with Gasteiger partial charge in [0.25, 0.3) is 5.91 Å². The zero-order valence-electron chi connectivity index (χ0n) is 19.3. The summed E-state index contributed by atoms with van der Waals surface area (Å²) in [7, 11) is 0. The van der Waals surface area contributed by atoms with Crippen LogP contribution >= 0.6 is 0 Å². The third kappa shape index (κ3) is 4.04. The van der Waals surface area contributed by atoms with Crippen molar-refractivity contribution in [3.05, 3.63) is 23.8 Å². The number of nitrogens with one attached hydrogen (secondary N) is 1. The number of hydrogen-bond donors (Lipinski definition) is 1. The molecular formula is C25H33N3O5. The minimum atomic E-state index is -0.818. The summed E-state index contributed by atoms with van der Waals surface area (Å²) in [5.74, 6) is 1.63. The van der Waals surface area contributed by atoms with Crippen LogP contribution in [0.3, 0.4) is 0 Å². The van der Waals surface area contributed by atoms with Crippen molar-refractivity contribution in [2.75, 3.05) is 26.3 Å². The second kappa shape index (κ2) is 8.88. The number of amides is 4. The number of rotatable bonds is 4. The molecule has 33 heavy (non-hydrogen) atoms. The molecule has 8 heteroatoms. The van der Waals surface area contributed by atoms with Crippen molar-refractivity contribution < 1.29 is 23.9 Å². The lowest BCUT2D eigenvalue weighted by atomic mass is 9.75. The third-order valence-corrected chi connectivity index (χ3v) is 7.80. The molecule has 0 unspecified atom stereocenters. The quantitative estimate of drug-likeness (QED) is 0.703. The van der Waals surface area contributed by atoms with Crippen LogP contribution < -0.4 is 14.8 Å². The number of hydrogen-bond acceptors (Lipinski definition) is 5. The SMILES string of the molecule is CCC1CCC2(CC1)NC(=O)N(CC(=O)N1CCC[C@@H]1c1ccc3c(c1)OCCCO3)C2=O. The lowest BCUT2D eigenvalue weighted by Crippen LogP contribution is -2.50. The van der Waals surface area contributed by atoms with Crippen molar-refractivity contribution in [1.82, 2.24) is 15.1 Å². The van der Waals surface area contributed by atoms with E-state index in [9.17, 15) is 14.4 Å². The lowest BCUT2D eigenvalue weighted by molar-refractivity contribution is -0.140. The molecule has 1 saturated carbocycles. The molecule has 1 aromatic carbocycles. The van der Waals surface area contributed by atoms with Crippen LogP contribution in [0.4, 0.5) is 4.79 Å². The van der Waals surface area contributed by atoms with E-state index < -0.39 is 11.6 Å². The van der Waals surface area contributed by atoms with Gasteiger partial charge in [-0.2, -0.15) is 0 Å². The molecule has 8 nitrogen and oxygen atoms in total. The average Bonchev–Trinajstić information content (AvgIpc) is 3.30. The first-order chi connectivity index (χ1) is 16.0. The molecule has 3 fully saturated rings. The largest absolute Gasteiger partial charge is 0.490 e. The van der Waals surface area contributed by atoms with Gasteiger partial charge in [0.05, 0.1) is 19.3 Å². The maximum absolute atomic E-state index is 13.3. The maximum atomic E-state index is 13.3. The third-order valence-electron chi connectivity index (χ3n) is 7.80. The molecule has 0 radical (unpaired) electrons. The first kappa shape index (κ1) is 22.0. The minimum Gasteiger partial charge on any atom is -0.490 e. The molecule has 4 amide bonds. The van der Waals surface area contributed by atoms with Gasteiger partial charge >= 0.3 is 6.03 Å². The molecule has 1 aromatic rings. The summed E-state index contributed by atoms with van der Waals surface area (Å²) in [5, 5.41) is 2.93. The second-order valence-electron chi connectivity index (χ2n) is 9.76. The average molecular weight is 456 g/mol. The number of imide groups is 1. The van der Waals surface area contributed by atoms with E-state index in [4.69, 9.17) is 9.47 Å². The molecule has 3 aliphatic heterocycles. The van der Waals surface area contributed by atoms with Gasteiger partial charge < -0.3 is 19.7 Å². The fourth-order valence-electron chi connectivity index (χ4n) is 5.76. The van der Waals surface area contributed by atoms with Crippen LogP contribution in [0.1, 0.15) is 69.9 Å². The van der Waals surface area contributed by atoms with Gasteiger partial charge in [-0.3, -0.25) is 14.5 Å². The Bertz CT molecular complexity index is 940. The van der Waals surface area contributed by atoms with Gasteiger partial charge in [0.1, 0.15) is 12.1 Å². The van der Waals surface area contributed by atoms with Crippen molar-refractivity contribution in [3.8, 4) is 11.5 Å². The highest BCUT2D eigenvalue weighted by molar-refractivity contribution is 6.09. The van der Waals surface area contributed by atoms with Crippen LogP contribution in [0.15, 0.2) is 18.2 Å². The summed E-state index contributed by atoms with van der Waals surface area (Å²) < 4.78 is 11.6. The predicted octanol–water partition coefficient (Wildman–Crippen LogP) is 3.40. The van der Waals surface area contributed by atoms with E-state index in [1.807, 2.05) is 18.2 Å². The van der Waals surface area contributed by atoms with Gasteiger partial charge in [0, 0.05) is 13.0 Å². The summed E-state index contributed by atoms with van der Waals surface area (Å²) >= 11 is 0. The first-order valence-corrected chi connectivity index (χ1v) is 12.3. The van der Waals surface area contributed by atoms with E-state index in [2.05, 4.69) is 12.2 Å². The molecule has 1 atom stereocenters. The summed E-state index contributed by atoms with van der Waals surface area (Å²) in [4.78, 5) is 42.1. The smallest absolute Gasteiger partial charge is 0.325 e. The Morgan fingerprint density at radius 2 is 1.85 bits per heavy atom. The molecule has 0 aromatic heterocycles. The number of urea groups is 1. The lowest BCUT2D eigenvalue weighted by Gasteiger charge is -2.34. The molecular weight excluding hydrogens is 422 g/mol. The fourth-order valence-corrected chi connectivity index (χ4v) is 5.76. The fraction of sp³-hybridized carbons (Fsp3) is 0.640. The Labute approximate surface area is 194 Å². The van der Waals surface area contributed by atoms with Crippen LogP contribution in [0, 0.1) is 5.92 Å². The Morgan fingerprint density at radius 1 is 1.09 bits per heavy atom. The van der Waals surface area contributed by atoms with Gasteiger partial charge in [0.2, 0.25) is 5.91 Å². The Balaban J connectivity index is 1.28. The standard InChI is InChI=1S/C25H33N3O5/c1-2-17-8-10-25(11-9-17)23(30)28(24(31)26-25)16-22(29)27-12-3-5-19(27)18-6-7-20-21(15-18)33-14-4-13-32-20/h6-7,15,17,19H,2-5,8-14,16H2,1H3,(H,26,31)/t17?,19-,25?/m1/s1. The van der Waals surface area contributed by atoms with E-state index in [1.54, 1.807) is 4.90 Å². The molecule has 5 rings (SSSR count). The highest BCUT2D eigenvalue weighted by Crippen LogP contribution is 2.39. The normalized spacial score (nSPS) is 29.4. The monoisotopic (exact) mass is 455 g/mol. The highest BCUT2D eigenvalue weighted by atomic mass is 16.5. The van der Waals surface area contributed by atoms with Crippen LogP contribution in [0.2, 0.25) is 0 Å². The molecule has 0 bridgehead atoms. The van der Waals surface area contributed by atoms with Gasteiger partial charge in [0.15, 0.2) is 11.5 Å². The van der Waals surface area contributed by atoms with E-state index >= 15 is 0 Å². The van der Waals surface area contributed by atoms with Crippen molar-refractivity contribution in [1.29, 1.82) is 0 Å². The van der Waals surface area contributed by atoms with E-state index in [0.717, 1.165) is 54.7 Å². The number of nitrogens with zero attached hydrogens (tertiary/aromatic N) is 2. The molecule has 4 aliphatic rings. The van der Waals surface area contributed by atoms with Crippen LogP contribution in [-0.4, -0.2) is 59.5 Å². The van der Waals surface area contributed by atoms with Crippen molar-refractivity contribution in [2.24, 2.45) is 5.92 Å². The molecule has 3 heterocycles. The Morgan fingerprint density at radius 3 is 2.61 bits per heavy atom. The molecule has 178 valence electrons. The van der Waals surface area contributed by atoms with Gasteiger partial charge in [-0.05, 0) is 62.1 Å². The molecule has 2 saturated heterocycles. The van der Waals surface area contributed by atoms with Gasteiger partial charge in [-0.15, -0.1) is 0 Å². The molecule has 1 spiro atoms. The predicted molar refractivity (Wildman–Crippen MR) is 121 cm³/mol. The van der Waals surface area contributed by atoms with Crippen molar-refractivity contribution in [3.63, 3.8) is 0 Å². The van der Waals surface area contributed by atoms with Crippen LogP contribution in [-0.2, 0) is 9.59 Å². The Kier molecular flexibility index (Phi) is 5.93. The number of likely N-dealkylation sites (tertiary alicyclic amines) is 1. The van der Waals surface area contributed by atoms with E-state index in [1.165, 1.54) is 0 Å². The number of fused-ring (bicyclic) bond motifs is 1. The van der Waals surface area contributed by atoms with Crippen LogP contribution in [0.5, 0.6) is 11.5 Å². The zero-order valence-corrected chi connectivity index (χ0v) is 19.3. The van der Waals surface area contributed by atoms with Crippen LogP contribution in [0.25, 0.3) is 0 Å². The minimum absolute atomic E-state index is 0.0932. The van der Waals surface area contributed by atoms with Gasteiger partial charge in [-0.1, -0.05) is 19.4 Å². The zero-order chi connectivity index (χ0) is 23.0. The summed E-state index contributed by atoms with van der Waals surface area (Å²) in [5.41, 5.74) is 0.179. The van der Waals surface area contributed by atoms with E-state index in [-0.39, 0.29) is 24.4 Å². The Hall–Kier alpha value is -2.77. The first-order valence-electron chi connectivity index (χ1n) is 12.3. The van der Waals surface area contributed by atoms with Crippen molar-refractivity contribution in [2.45, 2.75) is 69.9 Å². The maximum Gasteiger partial charge on any atom is 0.325 e. The number of benzene rings is 1. The second-order valence-corrected chi connectivity index (χ2v) is 9.76. The summed E-state index contributed by atoms with van der Waals surface area (Å²) in [6.07, 6.45) is 6.84. The summed E-state index contributed by atoms with van der Waals surface area (Å²) in [6, 6.07) is 5.33. The topological polar surface area (TPSA) is 88.2 Å². The van der Waals surface area contributed by atoms with E-state index in [0.29, 0.717) is 44.3 Å². The highest BCUT2D eigenvalue weighted by Gasteiger charge is 2.53. The molecule has 1 N–H and O–H groups in total. The van der Waals surface area contributed by atoms with Gasteiger partial charge in [-0.25, -0.2) is 4.79 Å². The number of carbonyl (C=O) groups excluding carboxylic acids is 3. The van der Waals surface area contributed by atoms with Crippen molar-refractivity contribution >= 4 is 17.8 Å². The molecule has 1 aliphatic carbocycles.